The Labute approximate surface area is 136 Å². The van der Waals surface area contributed by atoms with Gasteiger partial charge in [0.2, 0.25) is 0 Å². The van der Waals surface area contributed by atoms with Crippen LogP contribution in [0.25, 0.3) is 0 Å². The lowest BCUT2D eigenvalue weighted by molar-refractivity contribution is 0.614. The average Bonchev–Trinajstić information content (AvgIpc) is 2.98. The lowest BCUT2D eigenvalue weighted by Crippen LogP contribution is -2.42. The lowest BCUT2D eigenvalue weighted by atomic mass is 10.2. The summed E-state index contributed by atoms with van der Waals surface area (Å²) < 4.78 is 0. The van der Waals surface area contributed by atoms with Gasteiger partial charge >= 0.3 is 0 Å². The first kappa shape index (κ1) is 16.7. The van der Waals surface area contributed by atoms with Crippen molar-refractivity contribution in [1.29, 1.82) is 0 Å². The highest BCUT2D eigenvalue weighted by molar-refractivity contribution is 14.0. The number of nitrogens with one attached hydrogen (secondary N) is 2. The number of hydrogen-bond donors (Lipinski definition) is 2. The van der Waals surface area contributed by atoms with Crippen molar-refractivity contribution in [3.05, 3.63) is 16.1 Å². The van der Waals surface area contributed by atoms with E-state index in [1.807, 2.05) is 6.20 Å². The summed E-state index contributed by atoms with van der Waals surface area (Å²) in [5.41, 5.74) is 0. The van der Waals surface area contributed by atoms with E-state index in [9.17, 15) is 0 Å². The van der Waals surface area contributed by atoms with Crippen LogP contribution < -0.4 is 10.6 Å². The molecule has 19 heavy (non-hydrogen) atoms. The molecule has 108 valence electrons. The number of thiazole rings is 1. The minimum absolute atomic E-state index is 0. The fraction of sp³-hybridized carbons (Fsp3) is 0.692. The predicted molar refractivity (Wildman–Crippen MR) is 92.5 cm³/mol. The maximum atomic E-state index is 4.60. The number of aliphatic imine (C=N–C) groups is 1. The highest BCUT2D eigenvalue weighted by Crippen LogP contribution is 2.17. The maximum absolute atomic E-state index is 4.60. The van der Waals surface area contributed by atoms with E-state index in [1.165, 1.54) is 30.6 Å². The van der Waals surface area contributed by atoms with Gasteiger partial charge in [0.1, 0.15) is 5.01 Å². The minimum atomic E-state index is 0. The molecule has 0 bridgehead atoms. The number of rotatable bonds is 4. The third-order valence-electron chi connectivity index (χ3n) is 3.08. The summed E-state index contributed by atoms with van der Waals surface area (Å²) in [7, 11) is 0. The molecule has 0 amide bonds. The quantitative estimate of drug-likeness (QED) is 0.469. The molecule has 1 aromatic heterocycles. The Bertz CT molecular complexity index is 399. The Balaban J connectivity index is 0.00000180. The zero-order valence-corrected chi connectivity index (χ0v) is 14.8. The van der Waals surface area contributed by atoms with Gasteiger partial charge in [0.15, 0.2) is 5.96 Å². The number of halogens is 1. The van der Waals surface area contributed by atoms with Gasteiger partial charge in [-0.05, 0) is 26.7 Å². The second-order valence-electron chi connectivity index (χ2n) is 4.69. The Morgan fingerprint density at radius 3 is 2.79 bits per heavy atom. The van der Waals surface area contributed by atoms with Crippen LogP contribution in [-0.4, -0.2) is 23.5 Å². The van der Waals surface area contributed by atoms with Gasteiger partial charge in [0.05, 0.1) is 6.54 Å². The predicted octanol–water partition coefficient (Wildman–Crippen LogP) is 3.07. The normalized spacial score (nSPS) is 16.2. The molecule has 2 rings (SSSR count). The van der Waals surface area contributed by atoms with Crippen molar-refractivity contribution in [2.24, 2.45) is 4.99 Å². The molecule has 1 heterocycles. The van der Waals surface area contributed by atoms with Crippen molar-refractivity contribution in [3.63, 3.8) is 0 Å². The van der Waals surface area contributed by atoms with Crippen LogP contribution in [0.5, 0.6) is 0 Å². The Morgan fingerprint density at radius 2 is 2.21 bits per heavy atom. The molecule has 0 aromatic carbocycles. The fourth-order valence-electron chi connectivity index (χ4n) is 2.20. The van der Waals surface area contributed by atoms with E-state index < -0.39 is 0 Å². The van der Waals surface area contributed by atoms with E-state index in [1.54, 1.807) is 11.3 Å². The summed E-state index contributed by atoms with van der Waals surface area (Å²) in [6, 6.07) is 0.598. The van der Waals surface area contributed by atoms with Crippen LogP contribution >= 0.6 is 35.3 Å². The monoisotopic (exact) mass is 394 g/mol. The number of nitrogens with zero attached hydrogens (tertiary/aromatic N) is 2. The molecule has 0 saturated heterocycles. The van der Waals surface area contributed by atoms with E-state index in [0.29, 0.717) is 12.6 Å². The molecular formula is C13H23IN4S. The number of aromatic nitrogens is 1. The van der Waals surface area contributed by atoms with E-state index >= 15 is 0 Å². The molecule has 0 atom stereocenters. The average molecular weight is 394 g/mol. The van der Waals surface area contributed by atoms with Crippen molar-refractivity contribution in [2.75, 3.05) is 6.54 Å². The van der Waals surface area contributed by atoms with Crippen LogP contribution in [0, 0.1) is 6.92 Å². The standard InChI is InChI=1S/C13H22N4S.HI/c1-3-14-13(17-11-6-4-5-7-11)16-9-12-15-8-10(2)18-12;/h8,11H,3-7,9H2,1-2H3,(H2,14,16,17);1H. The molecule has 0 unspecified atom stereocenters. The molecule has 1 saturated carbocycles. The van der Waals surface area contributed by atoms with Gasteiger partial charge in [-0.15, -0.1) is 35.3 Å². The van der Waals surface area contributed by atoms with E-state index in [4.69, 9.17) is 0 Å². The molecule has 0 radical (unpaired) electrons. The van der Waals surface area contributed by atoms with Crippen LogP contribution in [0.4, 0.5) is 0 Å². The van der Waals surface area contributed by atoms with Gasteiger partial charge in [-0.3, -0.25) is 0 Å². The van der Waals surface area contributed by atoms with Gasteiger partial charge in [-0.1, -0.05) is 12.8 Å². The van der Waals surface area contributed by atoms with Crippen molar-refractivity contribution in [1.82, 2.24) is 15.6 Å². The van der Waals surface area contributed by atoms with Crippen molar-refractivity contribution < 1.29 is 0 Å². The van der Waals surface area contributed by atoms with Crippen LogP contribution in [-0.2, 0) is 6.54 Å². The maximum Gasteiger partial charge on any atom is 0.191 e. The minimum Gasteiger partial charge on any atom is -0.357 e. The van der Waals surface area contributed by atoms with Crippen molar-refractivity contribution >= 4 is 41.3 Å². The molecule has 0 aliphatic heterocycles. The number of hydrogen-bond acceptors (Lipinski definition) is 3. The molecule has 0 spiro atoms. The zero-order valence-electron chi connectivity index (χ0n) is 11.6. The SMILES string of the molecule is CCNC(=NCc1ncc(C)s1)NC1CCCC1.I. The summed E-state index contributed by atoms with van der Waals surface area (Å²) in [6.07, 6.45) is 7.11. The third-order valence-corrected chi connectivity index (χ3v) is 3.98. The van der Waals surface area contributed by atoms with Crippen molar-refractivity contribution in [3.8, 4) is 0 Å². The van der Waals surface area contributed by atoms with E-state index in [0.717, 1.165) is 17.5 Å². The van der Waals surface area contributed by atoms with Crippen LogP contribution in [0.15, 0.2) is 11.2 Å². The number of guanidine groups is 1. The second kappa shape index (κ2) is 8.73. The highest BCUT2D eigenvalue weighted by atomic mass is 127. The Hall–Kier alpha value is -0.370. The molecule has 1 aliphatic rings. The first-order valence-corrected chi connectivity index (χ1v) is 7.55. The summed E-state index contributed by atoms with van der Waals surface area (Å²) in [5.74, 6) is 0.928. The summed E-state index contributed by atoms with van der Waals surface area (Å²) in [5, 5.41) is 7.89. The summed E-state index contributed by atoms with van der Waals surface area (Å²) in [6.45, 7) is 5.74. The third kappa shape index (κ3) is 5.64. The molecule has 6 heteroatoms. The summed E-state index contributed by atoms with van der Waals surface area (Å²) >= 11 is 1.72. The van der Waals surface area contributed by atoms with Crippen molar-refractivity contribution in [2.45, 2.75) is 52.1 Å². The van der Waals surface area contributed by atoms with Crippen LogP contribution in [0.3, 0.4) is 0 Å². The second-order valence-corrected chi connectivity index (χ2v) is 6.00. The highest BCUT2D eigenvalue weighted by Gasteiger charge is 2.15. The fourth-order valence-corrected chi connectivity index (χ4v) is 2.92. The summed E-state index contributed by atoms with van der Waals surface area (Å²) in [4.78, 5) is 10.2. The largest absolute Gasteiger partial charge is 0.357 e. The first-order chi connectivity index (χ1) is 8.78. The molecule has 1 fully saturated rings. The van der Waals surface area contributed by atoms with E-state index in [-0.39, 0.29) is 24.0 Å². The molecular weight excluding hydrogens is 371 g/mol. The molecule has 1 aliphatic carbocycles. The topological polar surface area (TPSA) is 49.3 Å². The molecule has 1 aromatic rings. The van der Waals surface area contributed by atoms with Gasteiger partial charge in [0.25, 0.3) is 0 Å². The van der Waals surface area contributed by atoms with Gasteiger partial charge < -0.3 is 10.6 Å². The van der Waals surface area contributed by atoms with Gasteiger partial charge in [-0.2, -0.15) is 0 Å². The lowest BCUT2D eigenvalue weighted by Gasteiger charge is -2.16. The van der Waals surface area contributed by atoms with Gasteiger partial charge in [-0.25, -0.2) is 9.98 Å². The molecule has 4 nitrogen and oxygen atoms in total. The van der Waals surface area contributed by atoms with E-state index in [2.05, 4.69) is 34.5 Å². The molecule has 2 N–H and O–H groups in total. The first-order valence-electron chi connectivity index (χ1n) is 6.74. The van der Waals surface area contributed by atoms with Crippen LogP contribution in [0.2, 0.25) is 0 Å². The van der Waals surface area contributed by atoms with Crippen LogP contribution in [0.1, 0.15) is 42.5 Å². The number of aryl methyl sites for hydroxylation is 1. The van der Waals surface area contributed by atoms with Gasteiger partial charge in [0, 0.05) is 23.7 Å². The zero-order chi connectivity index (χ0) is 12.8. The smallest absolute Gasteiger partial charge is 0.191 e. The Morgan fingerprint density at radius 1 is 1.47 bits per heavy atom. The Kier molecular flexibility index (Phi) is 7.67.